The van der Waals surface area contributed by atoms with E-state index in [1.807, 2.05) is 66.7 Å². The normalized spacial score (nSPS) is 10.6. The molecule has 4 rings (SSSR count). The fraction of sp³-hybridized carbons (Fsp3) is 0.0833. The van der Waals surface area contributed by atoms with E-state index >= 15 is 0 Å². The van der Waals surface area contributed by atoms with Gasteiger partial charge in [-0.05, 0) is 54.6 Å². The number of carbonyl (C=O) groups is 1. The molecule has 1 N–H and O–H groups in total. The molecule has 1 heterocycles. The number of halogens is 1. The molecule has 6 heteroatoms. The number of nitrogens with one attached hydrogen (secondary N) is 1. The van der Waals surface area contributed by atoms with Gasteiger partial charge in [0.25, 0.3) is 5.91 Å². The summed E-state index contributed by atoms with van der Waals surface area (Å²) in [6.45, 7) is 0. The van der Waals surface area contributed by atoms with Crippen LogP contribution in [0.4, 0.5) is 5.69 Å². The largest absolute Gasteiger partial charge is 0.493 e. The van der Waals surface area contributed by atoms with Gasteiger partial charge < -0.3 is 14.8 Å². The van der Waals surface area contributed by atoms with E-state index in [0.29, 0.717) is 22.8 Å². The van der Waals surface area contributed by atoms with Crippen molar-refractivity contribution in [3.8, 4) is 22.8 Å². The van der Waals surface area contributed by atoms with Gasteiger partial charge in [0.05, 0.1) is 31.0 Å². The van der Waals surface area contributed by atoms with Crippen LogP contribution in [0, 0.1) is 0 Å². The van der Waals surface area contributed by atoms with E-state index in [9.17, 15) is 4.79 Å². The zero-order chi connectivity index (χ0) is 21.1. The van der Waals surface area contributed by atoms with E-state index in [2.05, 4.69) is 21.2 Å². The van der Waals surface area contributed by atoms with Crippen LogP contribution in [0.1, 0.15) is 10.4 Å². The molecule has 1 amide bonds. The molecule has 0 atom stereocenters. The fourth-order valence-corrected chi connectivity index (χ4v) is 3.50. The molecular formula is C24H19BrN2O3. The van der Waals surface area contributed by atoms with Crippen LogP contribution < -0.4 is 14.8 Å². The van der Waals surface area contributed by atoms with Crippen molar-refractivity contribution in [3.63, 3.8) is 0 Å². The summed E-state index contributed by atoms with van der Waals surface area (Å²) in [5, 5.41) is 3.75. The van der Waals surface area contributed by atoms with E-state index in [0.717, 1.165) is 26.6 Å². The molecule has 1 aromatic heterocycles. The maximum absolute atomic E-state index is 13.1. The van der Waals surface area contributed by atoms with Crippen molar-refractivity contribution in [1.29, 1.82) is 0 Å². The lowest BCUT2D eigenvalue weighted by atomic mass is 10.0. The van der Waals surface area contributed by atoms with Gasteiger partial charge in [-0.25, -0.2) is 4.98 Å². The fourth-order valence-electron chi connectivity index (χ4n) is 3.24. The van der Waals surface area contributed by atoms with Gasteiger partial charge in [0.1, 0.15) is 0 Å². The van der Waals surface area contributed by atoms with E-state index in [-0.39, 0.29) is 5.91 Å². The highest BCUT2D eigenvalue weighted by Gasteiger charge is 2.15. The number of nitrogens with zero attached hydrogens (tertiary/aromatic N) is 1. The molecule has 0 spiro atoms. The molecule has 30 heavy (non-hydrogen) atoms. The summed E-state index contributed by atoms with van der Waals surface area (Å²) in [7, 11) is 3.18. The van der Waals surface area contributed by atoms with E-state index in [1.165, 1.54) is 0 Å². The predicted molar refractivity (Wildman–Crippen MR) is 122 cm³/mol. The van der Waals surface area contributed by atoms with Crippen LogP contribution in [0.2, 0.25) is 0 Å². The third kappa shape index (κ3) is 4.00. The van der Waals surface area contributed by atoms with Gasteiger partial charge in [-0.3, -0.25) is 4.79 Å². The summed E-state index contributed by atoms with van der Waals surface area (Å²) in [5.74, 6) is 1.04. The Balaban J connectivity index is 1.80. The number of ether oxygens (including phenoxy) is 2. The molecule has 0 saturated heterocycles. The first-order valence-electron chi connectivity index (χ1n) is 9.28. The number of para-hydroxylation sites is 1. The molecule has 4 aromatic rings. The molecule has 0 aliphatic rings. The van der Waals surface area contributed by atoms with Gasteiger partial charge in [0, 0.05) is 21.1 Å². The smallest absolute Gasteiger partial charge is 0.256 e. The number of hydrogen-bond donors (Lipinski definition) is 1. The highest BCUT2D eigenvalue weighted by Crippen LogP contribution is 2.33. The first-order valence-corrected chi connectivity index (χ1v) is 10.1. The molecule has 0 aliphatic carbocycles. The first kappa shape index (κ1) is 19.9. The third-order valence-corrected chi connectivity index (χ3v) is 5.27. The maximum atomic E-state index is 13.1. The minimum Gasteiger partial charge on any atom is -0.493 e. The lowest BCUT2D eigenvalue weighted by molar-refractivity contribution is 0.102. The van der Waals surface area contributed by atoms with Crippen molar-refractivity contribution in [1.82, 2.24) is 4.98 Å². The Morgan fingerprint density at radius 3 is 2.37 bits per heavy atom. The molecule has 5 nitrogen and oxygen atoms in total. The number of rotatable bonds is 5. The van der Waals surface area contributed by atoms with Crippen molar-refractivity contribution < 1.29 is 14.3 Å². The number of carbonyl (C=O) groups excluding carboxylic acids is 1. The van der Waals surface area contributed by atoms with Gasteiger partial charge in [-0.1, -0.05) is 34.1 Å². The van der Waals surface area contributed by atoms with Crippen molar-refractivity contribution in [2.24, 2.45) is 0 Å². The highest BCUT2D eigenvalue weighted by atomic mass is 79.9. The van der Waals surface area contributed by atoms with Crippen LogP contribution in [0.15, 0.2) is 77.3 Å². The predicted octanol–water partition coefficient (Wildman–Crippen LogP) is 5.93. The standard InChI is InChI=1S/C24H19BrN2O3/c1-29-22-12-7-15(13-23(22)30-2)21-14-19(18-5-3-4-6-20(18)27-21)24(28)26-17-10-8-16(25)9-11-17/h3-14H,1-2H3,(H,26,28). The second kappa shape index (κ2) is 8.55. The lowest BCUT2D eigenvalue weighted by Crippen LogP contribution is -2.13. The van der Waals surface area contributed by atoms with E-state index in [1.54, 1.807) is 20.3 Å². The minimum atomic E-state index is -0.197. The molecule has 0 aliphatic heterocycles. The topological polar surface area (TPSA) is 60.5 Å². The maximum Gasteiger partial charge on any atom is 0.256 e. The molecule has 0 fully saturated rings. The number of aromatic nitrogens is 1. The molecule has 3 aromatic carbocycles. The molecular weight excluding hydrogens is 444 g/mol. The zero-order valence-electron chi connectivity index (χ0n) is 16.5. The Labute approximate surface area is 182 Å². The average molecular weight is 463 g/mol. The second-order valence-corrected chi connectivity index (χ2v) is 7.52. The van der Waals surface area contributed by atoms with E-state index in [4.69, 9.17) is 14.5 Å². The average Bonchev–Trinajstić information content (AvgIpc) is 2.79. The van der Waals surface area contributed by atoms with Gasteiger partial charge in [-0.15, -0.1) is 0 Å². The summed E-state index contributed by atoms with van der Waals surface area (Å²) >= 11 is 3.41. The van der Waals surface area contributed by atoms with E-state index < -0.39 is 0 Å². The number of anilines is 1. The highest BCUT2D eigenvalue weighted by molar-refractivity contribution is 9.10. The minimum absolute atomic E-state index is 0.197. The SMILES string of the molecule is COc1ccc(-c2cc(C(=O)Nc3ccc(Br)cc3)c3ccccc3n2)cc1OC. The monoisotopic (exact) mass is 462 g/mol. The second-order valence-electron chi connectivity index (χ2n) is 6.60. The van der Waals surface area contributed by atoms with Gasteiger partial charge in [0.2, 0.25) is 0 Å². The molecule has 0 radical (unpaired) electrons. The quantitative estimate of drug-likeness (QED) is 0.398. The number of benzene rings is 3. The van der Waals surface area contributed by atoms with Crippen molar-refractivity contribution >= 4 is 38.4 Å². The van der Waals surface area contributed by atoms with Crippen LogP contribution in [-0.4, -0.2) is 25.1 Å². The Bertz CT molecular complexity index is 1220. The Morgan fingerprint density at radius 2 is 1.63 bits per heavy atom. The third-order valence-electron chi connectivity index (χ3n) is 4.74. The zero-order valence-corrected chi connectivity index (χ0v) is 18.1. The summed E-state index contributed by atoms with van der Waals surface area (Å²) in [5.41, 5.74) is 3.52. The summed E-state index contributed by atoms with van der Waals surface area (Å²) < 4.78 is 11.7. The number of methoxy groups -OCH3 is 2. The van der Waals surface area contributed by atoms with Crippen molar-refractivity contribution in [2.75, 3.05) is 19.5 Å². The Hall–Kier alpha value is -3.38. The lowest BCUT2D eigenvalue weighted by Gasteiger charge is -2.12. The number of amides is 1. The molecule has 0 unspecified atom stereocenters. The number of hydrogen-bond acceptors (Lipinski definition) is 4. The van der Waals surface area contributed by atoms with Gasteiger partial charge in [-0.2, -0.15) is 0 Å². The van der Waals surface area contributed by atoms with Crippen LogP contribution in [0.25, 0.3) is 22.2 Å². The van der Waals surface area contributed by atoms with Crippen LogP contribution in [0.5, 0.6) is 11.5 Å². The summed E-state index contributed by atoms with van der Waals surface area (Å²) in [4.78, 5) is 17.9. The Kier molecular flexibility index (Phi) is 5.68. The van der Waals surface area contributed by atoms with Gasteiger partial charge >= 0.3 is 0 Å². The summed E-state index contributed by atoms with van der Waals surface area (Å²) in [6, 6.07) is 22.4. The van der Waals surface area contributed by atoms with Crippen LogP contribution >= 0.6 is 15.9 Å². The first-order chi connectivity index (χ1) is 14.6. The number of pyridine rings is 1. The molecule has 150 valence electrons. The van der Waals surface area contributed by atoms with Crippen LogP contribution in [0.3, 0.4) is 0 Å². The summed E-state index contributed by atoms with van der Waals surface area (Å²) in [6.07, 6.45) is 0. The van der Waals surface area contributed by atoms with Crippen molar-refractivity contribution in [2.45, 2.75) is 0 Å². The van der Waals surface area contributed by atoms with Gasteiger partial charge in [0.15, 0.2) is 11.5 Å². The number of fused-ring (bicyclic) bond motifs is 1. The molecule has 0 bridgehead atoms. The Morgan fingerprint density at radius 1 is 0.900 bits per heavy atom. The van der Waals surface area contributed by atoms with Crippen LogP contribution in [-0.2, 0) is 0 Å². The molecule has 0 saturated carbocycles. The van der Waals surface area contributed by atoms with Crippen molar-refractivity contribution in [3.05, 3.63) is 82.8 Å².